The van der Waals surface area contributed by atoms with E-state index in [-0.39, 0.29) is 23.1 Å². The monoisotopic (exact) mass is 333 g/mol. The van der Waals surface area contributed by atoms with Crippen molar-refractivity contribution < 1.29 is 18.3 Å². The molecule has 7 heteroatoms. The van der Waals surface area contributed by atoms with E-state index in [0.717, 1.165) is 6.07 Å². The smallest absolute Gasteiger partial charge is 0.195 e. The van der Waals surface area contributed by atoms with Crippen molar-refractivity contribution in [2.45, 2.75) is 13.0 Å². The van der Waals surface area contributed by atoms with Crippen LogP contribution in [-0.2, 0) is 0 Å². The summed E-state index contributed by atoms with van der Waals surface area (Å²) >= 11 is 0. The number of aliphatic hydroxyl groups is 1. The number of nitrogens with zero attached hydrogens (tertiary/aromatic N) is 2. The average molecular weight is 333 g/mol. The number of halogens is 3. The van der Waals surface area contributed by atoms with Gasteiger partial charge in [0.1, 0.15) is 5.82 Å². The first-order chi connectivity index (χ1) is 11.5. The van der Waals surface area contributed by atoms with E-state index in [4.69, 9.17) is 0 Å². The van der Waals surface area contributed by atoms with Gasteiger partial charge in [0.2, 0.25) is 0 Å². The maximum atomic E-state index is 14.4. The Hall–Kier alpha value is -2.67. The third-order valence-corrected chi connectivity index (χ3v) is 3.57. The van der Waals surface area contributed by atoms with Crippen LogP contribution in [-0.4, -0.2) is 27.7 Å². The summed E-state index contributed by atoms with van der Waals surface area (Å²) in [5.41, 5.74) is 1.10. The predicted molar refractivity (Wildman–Crippen MR) is 85.0 cm³/mol. The summed E-state index contributed by atoms with van der Waals surface area (Å²) in [7, 11) is 0. The molecule has 124 valence electrons. The number of aliphatic hydroxyl groups excluding tert-OH is 1. The average Bonchev–Trinajstić information content (AvgIpc) is 2.58. The second-order valence-electron chi connectivity index (χ2n) is 5.40. The number of hydrogen-bond acceptors (Lipinski definition) is 4. The van der Waals surface area contributed by atoms with E-state index in [2.05, 4.69) is 15.3 Å². The van der Waals surface area contributed by atoms with Crippen molar-refractivity contribution in [1.82, 2.24) is 9.97 Å². The van der Waals surface area contributed by atoms with Crippen LogP contribution in [0.25, 0.3) is 21.9 Å². The van der Waals surface area contributed by atoms with Gasteiger partial charge in [0.25, 0.3) is 0 Å². The quantitative estimate of drug-likeness (QED) is 0.718. The van der Waals surface area contributed by atoms with Crippen molar-refractivity contribution in [2.24, 2.45) is 0 Å². The van der Waals surface area contributed by atoms with Gasteiger partial charge in [0.05, 0.1) is 11.5 Å². The van der Waals surface area contributed by atoms with Gasteiger partial charge in [-0.3, -0.25) is 4.98 Å². The van der Waals surface area contributed by atoms with Crippen molar-refractivity contribution in [3.63, 3.8) is 0 Å². The first kappa shape index (κ1) is 16.2. The number of pyridine rings is 2. The summed E-state index contributed by atoms with van der Waals surface area (Å²) in [6, 6.07) is 4.27. The number of fused-ring (bicyclic) bond motifs is 1. The maximum absolute atomic E-state index is 14.4. The van der Waals surface area contributed by atoms with Crippen LogP contribution in [0.2, 0.25) is 0 Å². The van der Waals surface area contributed by atoms with Gasteiger partial charge >= 0.3 is 0 Å². The fourth-order valence-electron chi connectivity index (χ4n) is 2.44. The lowest BCUT2D eigenvalue weighted by molar-refractivity contribution is 0.208. The zero-order chi connectivity index (χ0) is 17.3. The largest absolute Gasteiger partial charge is 0.392 e. The fourth-order valence-corrected chi connectivity index (χ4v) is 2.44. The van der Waals surface area contributed by atoms with Gasteiger partial charge in [0.15, 0.2) is 17.5 Å². The zero-order valence-corrected chi connectivity index (χ0v) is 12.7. The van der Waals surface area contributed by atoms with Crippen LogP contribution >= 0.6 is 0 Å². The molecule has 0 bridgehead atoms. The van der Waals surface area contributed by atoms with Crippen molar-refractivity contribution in [3.8, 4) is 11.1 Å². The van der Waals surface area contributed by atoms with Crippen LogP contribution in [0.5, 0.6) is 0 Å². The van der Waals surface area contributed by atoms with Gasteiger partial charge in [-0.15, -0.1) is 0 Å². The first-order valence-corrected chi connectivity index (χ1v) is 7.27. The third kappa shape index (κ3) is 2.90. The highest BCUT2D eigenvalue weighted by atomic mass is 19.2. The minimum Gasteiger partial charge on any atom is -0.392 e. The molecule has 1 aromatic carbocycles. The third-order valence-electron chi connectivity index (χ3n) is 3.57. The molecule has 3 aromatic rings. The Labute approximate surface area is 136 Å². The molecular formula is C17H14F3N3O. The van der Waals surface area contributed by atoms with Gasteiger partial charge < -0.3 is 10.4 Å². The number of anilines is 1. The molecule has 4 nitrogen and oxygen atoms in total. The molecule has 2 N–H and O–H groups in total. The summed E-state index contributed by atoms with van der Waals surface area (Å²) in [5.74, 6) is -4.11. The summed E-state index contributed by atoms with van der Waals surface area (Å²) in [4.78, 5) is 8.01. The highest BCUT2D eigenvalue weighted by molar-refractivity contribution is 6.02. The van der Waals surface area contributed by atoms with E-state index in [9.17, 15) is 18.3 Å². The molecule has 1 atom stereocenters. The Morgan fingerprint density at radius 1 is 1.17 bits per heavy atom. The van der Waals surface area contributed by atoms with Gasteiger partial charge in [-0.25, -0.2) is 18.2 Å². The Morgan fingerprint density at radius 2 is 1.88 bits per heavy atom. The van der Waals surface area contributed by atoms with Gasteiger partial charge in [-0.05, 0) is 30.7 Å². The second-order valence-corrected chi connectivity index (χ2v) is 5.40. The lowest BCUT2D eigenvalue weighted by Crippen LogP contribution is -2.16. The highest BCUT2D eigenvalue weighted by Gasteiger charge is 2.20. The SMILES string of the molecule is CC(O)CNc1ncc(-c2ccncc2)c2cc(F)c(F)c(F)c12. The summed E-state index contributed by atoms with van der Waals surface area (Å²) in [5, 5.41) is 12.1. The standard InChI is InChI=1S/C17H14F3N3O/c1-9(24)7-22-17-14-11(6-13(18)15(19)16(14)20)12(8-23-17)10-2-4-21-5-3-10/h2-6,8-9,24H,7H2,1H3,(H,22,23). The van der Waals surface area contributed by atoms with Crippen molar-refractivity contribution in [2.75, 3.05) is 11.9 Å². The fraction of sp³-hybridized carbons (Fsp3) is 0.176. The Balaban J connectivity index is 2.28. The molecular weight excluding hydrogens is 319 g/mol. The lowest BCUT2D eigenvalue weighted by atomic mass is 10.0. The van der Waals surface area contributed by atoms with Crippen molar-refractivity contribution in [3.05, 3.63) is 54.2 Å². The lowest BCUT2D eigenvalue weighted by Gasteiger charge is -2.14. The summed E-state index contributed by atoms with van der Waals surface area (Å²) < 4.78 is 41.8. The second kappa shape index (κ2) is 6.45. The van der Waals surface area contributed by atoms with Crippen molar-refractivity contribution >= 4 is 16.6 Å². The summed E-state index contributed by atoms with van der Waals surface area (Å²) in [6.07, 6.45) is 3.81. The molecule has 2 heterocycles. The molecule has 0 amide bonds. The molecule has 1 unspecified atom stereocenters. The minimum absolute atomic E-state index is 0.0418. The minimum atomic E-state index is -1.56. The zero-order valence-electron chi connectivity index (χ0n) is 12.7. The molecule has 0 aliphatic rings. The Morgan fingerprint density at radius 3 is 2.54 bits per heavy atom. The molecule has 0 saturated heterocycles. The first-order valence-electron chi connectivity index (χ1n) is 7.27. The van der Waals surface area contributed by atoms with E-state index in [0.29, 0.717) is 11.1 Å². The van der Waals surface area contributed by atoms with E-state index in [1.807, 2.05) is 0 Å². The van der Waals surface area contributed by atoms with Gasteiger partial charge in [0, 0.05) is 36.1 Å². The molecule has 0 aliphatic heterocycles. The molecule has 0 aliphatic carbocycles. The number of rotatable bonds is 4. The summed E-state index contributed by atoms with van der Waals surface area (Å²) in [6.45, 7) is 1.63. The normalized spacial score (nSPS) is 12.4. The molecule has 0 radical (unpaired) electrons. The van der Waals surface area contributed by atoms with Crippen LogP contribution < -0.4 is 5.32 Å². The van der Waals surface area contributed by atoms with E-state index >= 15 is 0 Å². The number of hydrogen-bond donors (Lipinski definition) is 2. The van der Waals surface area contributed by atoms with Gasteiger partial charge in [-0.2, -0.15) is 0 Å². The molecule has 24 heavy (non-hydrogen) atoms. The number of aromatic nitrogens is 2. The Kier molecular flexibility index (Phi) is 4.35. The molecule has 0 spiro atoms. The molecule has 0 fully saturated rings. The van der Waals surface area contributed by atoms with Crippen LogP contribution in [0.15, 0.2) is 36.8 Å². The molecule has 2 aromatic heterocycles. The van der Waals surface area contributed by atoms with E-state index < -0.39 is 23.6 Å². The predicted octanol–water partition coefficient (Wildman–Crippen LogP) is 3.51. The number of benzene rings is 1. The van der Waals surface area contributed by atoms with E-state index in [1.165, 1.54) is 25.5 Å². The topological polar surface area (TPSA) is 58.0 Å². The van der Waals surface area contributed by atoms with E-state index in [1.54, 1.807) is 12.1 Å². The maximum Gasteiger partial charge on any atom is 0.195 e. The van der Waals surface area contributed by atoms with Crippen LogP contribution in [0.4, 0.5) is 19.0 Å². The van der Waals surface area contributed by atoms with Crippen LogP contribution in [0.3, 0.4) is 0 Å². The molecule has 0 saturated carbocycles. The van der Waals surface area contributed by atoms with Crippen molar-refractivity contribution in [1.29, 1.82) is 0 Å². The number of nitrogens with one attached hydrogen (secondary N) is 1. The van der Waals surface area contributed by atoms with Gasteiger partial charge in [-0.1, -0.05) is 0 Å². The highest BCUT2D eigenvalue weighted by Crippen LogP contribution is 2.35. The molecule has 3 rings (SSSR count). The van der Waals surface area contributed by atoms with Crippen LogP contribution in [0.1, 0.15) is 6.92 Å². The van der Waals surface area contributed by atoms with Crippen LogP contribution in [0, 0.1) is 17.5 Å². The Bertz CT molecular complexity index is 885.